The van der Waals surface area contributed by atoms with E-state index >= 15 is 0 Å². The number of aliphatic hydroxyl groups excluding tert-OH is 1. The molecular formula is C20H27F3N4O4. The lowest BCUT2D eigenvalue weighted by Crippen LogP contribution is -2.39. The van der Waals surface area contributed by atoms with Crippen LogP contribution in [0.1, 0.15) is 19.4 Å². The van der Waals surface area contributed by atoms with Crippen LogP contribution in [0.3, 0.4) is 0 Å². The van der Waals surface area contributed by atoms with Gasteiger partial charge in [-0.1, -0.05) is 0 Å². The van der Waals surface area contributed by atoms with Gasteiger partial charge in [0.15, 0.2) is 0 Å². The number of aromatic nitrogens is 2. The van der Waals surface area contributed by atoms with Crippen molar-refractivity contribution in [1.82, 2.24) is 14.7 Å². The zero-order chi connectivity index (χ0) is 23.0. The van der Waals surface area contributed by atoms with E-state index in [0.29, 0.717) is 13.2 Å². The number of ether oxygens (including phenoxy) is 2. The maximum Gasteiger partial charge on any atom is 0.416 e. The van der Waals surface area contributed by atoms with Gasteiger partial charge >= 0.3 is 12.2 Å². The van der Waals surface area contributed by atoms with E-state index in [0.717, 1.165) is 17.0 Å². The number of anilines is 1. The van der Waals surface area contributed by atoms with E-state index in [-0.39, 0.29) is 30.6 Å². The van der Waals surface area contributed by atoms with Crippen LogP contribution in [0.4, 0.5) is 23.7 Å². The Morgan fingerprint density at radius 2 is 2.06 bits per heavy atom. The lowest BCUT2D eigenvalue weighted by atomic mass is 10.1. The second-order valence-electron chi connectivity index (χ2n) is 7.14. The number of amides is 2. The summed E-state index contributed by atoms with van der Waals surface area (Å²) in [5.41, 5.74) is -0.695. The molecule has 31 heavy (non-hydrogen) atoms. The first-order valence-electron chi connectivity index (χ1n) is 9.68. The van der Waals surface area contributed by atoms with Crippen molar-refractivity contribution < 1.29 is 32.5 Å². The average molecular weight is 444 g/mol. The van der Waals surface area contributed by atoms with Gasteiger partial charge in [0.1, 0.15) is 0 Å². The Balaban J connectivity index is 1.99. The highest BCUT2D eigenvalue weighted by molar-refractivity contribution is 5.91. The number of nitrogens with one attached hydrogen (secondary N) is 1. The zero-order valence-electron chi connectivity index (χ0n) is 17.6. The van der Waals surface area contributed by atoms with E-state index in [1.807, 2.05) is 13.8 Å². The first-order valence-corrected chi connectivity index (χ1v) is 9.68. The first kappa shape index (κ1) is 24.6. The van der Waals surface area contributed by atoms with Crippen LogP contribution >= 0.6 is 0 Å². The Bertz CT molecular complexity index is 828. The van der Waals surface area contributed by atoms with Crippen molar-refractivity contribution in [1.29, 1.82) is 0 Å². The summed E-state index contributed by atoms with van der Waals surface area (Å²) >= 11 is 0. The van der Waals surface area contributed by atoms with Crippen LogP contribution in [0, 0.1) is 0 Å². The summed E-state index contributed by atoms with van der Waals surface area (Å²) in [7, 11) is 1.42. The van der Waals surface area contributed by atoms with Gasteiger partial charge in [0.05, 0.1) is 55.5 Å². The molecule has 1 aromatic carbocycles. The Labute approximate surface area is 178 Å². The van der Waals surface area contributed by atoms with Crippen molar-refractivity contribution in [2.24, 2.45) is 0 Å². The molecule has 2 aromatic rings. The van der Waals surface area contributed by atoms with Crippen molar-refractivity contribution >= 4 is 11.7 Å². The number of carbonyl (C=O) groups is 1. The molecule has 11 heteroatoms. The number of carbonyl (C=O) groups excluding carboxylic acids is 1. The molecular weight excluding hydrogens is 417 g/mol. The summed E-state index contributed by atoms with van der Waals surface area (Å²) in [5, 5.41) is 16.5. The molecule has 0 aliphatic heterocycles. The SMILES string of the molecule is CC(C)OCCOCC(O)CN(C)C(=O)Nc1cc(C(F)(F)F)ccc1-n1cccn1. The third kappa shape index (κ3) is 7.85. The lowest BCUT2D eigenvalue weighted by Gasteiger charge is -2.22. The summed E-state index contributed by atoms with van der Waals surface area (Å²) in [6.07, 6.45) is -2.45. The van der Waals surface area contributed by atoms with Gasteiger partial charge in [0.2, 0.25) is 0 Å². The molecule has 0 spiro atoms. The monoisotopic (exact) mass is 444 g/mol. The Hall–Kier alpha value is -2.63. The molecule has 172 valence electrons. The molecule has 0 aliphatic carbocycles. The average Bonchev–Trinajstić information content (AvgIpc) is 3.21. The van der Waals surface area contributed by atoms with Crippen molar-refractivity contribution in [3.63, 3.8) is 0 Å². The molecule has 1 aromatic heterocycles. The van der Waals surface area contributed by atoms with E-state index in [4.69, 9.17) is 9.47 Å². The number of urea groups is 1. The number of alkyl halides is 3. The zero-order valence-corrected chi connectivity index (χ0v) is 17.6. The summed E-state index contributed by atoms with van der Waals surface area (Å²) in [5.74, 6) is 0. The van der Waals surface area contributed by atoms with Gasteiger partial charge in [-0.2, -0.15) is 18.3 Å². The number of hydrogen-bond acceptors (Lipinski definition) is 5. The van der Waals surface area contributed by atoms with Crippen LogP contribution in [0.15, 0.2) is 36.7 Å². The quantitative estimate of drug-likeness (QED) is 0.550. The van der Waals surface area contributed by atoms with Gasteiger partial charge in [0, 0.05) is 19.4 Å². The third-order valence-electron chi connectivity index (χ3n) is 4.14. The van der Waals surface area contributed by atoms with Crippen molar-refractivity contribution in [2.45, 2.75) is 32.2 Å². The number of hydrogen-bond donors (Lipinski definition) is 2. The second-order valence-corrected chi connectivity index (χ2v) is 7.14. The van der Waals surface area contributed by atoms with Gasteiger partial charge in [-0.15, -0.1) is 0 Å². The van der Waals surface area contributed by atoms with Crippen molar-refractivity contribution in [3.8, 4) is 5.69 Å². The highest BCUT2D eigenvalue weighted by Gasteiger charge is 2.31. The molecule has 0 fully saturated rings. The van der Waals surface area contributed by atoms with E-state index in [1.54, 1.807) is 12.3 Å². The number of nitrogens with zero attached hydrogens (tertiary/aromatic N) is 3. The van der Waals surface area contributed by atoms with E-state index < -0.39 is 23.9 Å². The molecule has 0 saturated carbocycles. The Kier molecular flexibility index (Phi) is 8.84. The minimum atomic E-state index is -4.57. The summed E-state index contributed by atoms with van der Waals surface area (Å²) in [4.78, 5) is 13.7. The Morgan fingerprint density at radius 1 is 1.32 bits per heavy atom. The van der Waals surface area contributed by atoms with Crippen LogP contribution < -0.4 is 5.32 Å². The normalized spacial score (nSPS) is 12.8. The minimum Gasteiger partial charge on any atom is -0.389 e. The van der Waals surface area contributed by atoms with Crippen LogP contribution in [0.5, 0.6) is 0 Å². The number of benzene rings is 1. The minimum absolute atomic E-state index is 0.0127. The standard InChI is InChI=1S/C20H27F3N4O4/c1-14(2)31-10-9-30-13-16(28)12-26(3)19(29)25-17-11-15(20(21,22)23)5-6-18(17)27-8-4-7-24-27/h4-8,11,14,16,28H,9-10,12-13H2,1-3H3,(H,25,29). The van der Waals surface area contributed by atoms with E-state index in [9.17, 15) is 23.1 Å². The molecule has 0 bridgehead atoms. The fraction of sp³-hybridized carbons (Fsp3) is 0.500. The highest BCUT2D eigenvalue weighted by Crippen LogP contribution is 2.33. The number of likely N-dealkylation sites (N-methyl/N-ethyl adjacent to an activating group) is 1. The molecule has 8 nitrogen and oxygen atoms in total. The predicted octanol–water partition coefficient (Wildman–Crippen LogP) is 3.16. The number of halogens is 3. The maximum absolute atomic E-state index is 13.1. The molecule has 1 unspecified atom stereocenters. The summed E-state index contributed by atoms with van der Waals surface area (Å²) in [6, 6.07) is 3.91. The maximum atomic E-state index is 13.1. The van der Waals surface area contributed by atoms with Crippen LogP contribution in [0.25, 0.3) is 5.69 Å². The van der Waals surface area contributed by atoms with Gasteiger partial charge in [-0.3, -0.25) is 0 Å². The van der Waals surface area contributed by atoms with E-state index in [1.165, 1.54) is 24.0 Å². The smallest absolute Gasteiger partial charge is 0.389 e. The molecule has 0 radical (unpaired) electrons. The molecule has 0 saturated heterocycles. The number of rotatable bonds is 10. The predicted molar refractivity (Wildman–Crippen MR) is 108 cm³/mol. The van der Waals surface area contributed by atoms with Gasteiger partial charge in [0.25, 0.3) is 0 Å². The summed E-state index contributed by atoms with van der Waals surface area (Å²) in [6.45, 7) is 4.37. The van der Waals surface area contributed by atoms with E-state index in [2.05, 4.69) is 10.4 Å². The number of aliphatic hydroxyl groups is 1. The van der Waals surface area contributed by atoms with Crippen LogP contribution in [-0.2, 0) is 15.7 Å². The fourth-order valence-electron chi connectivity index (χ4n) is 2.65. The van der Waals surface area contributed by atoms with Gasteiger partial charge in [-0.25, -0.2) is 9.48 Å². The molecule has 2 rings (SSSR count). The van der Waals surface area contributed by atoms with Crippen molar-refractivity contribution in [2.75, 3.05) is 38.7 Å². The Morgan fingerprint density at radius 3 is 2.68 bits per heavy atom. The highest BCUT2D eigenvalue weighted by atomic mass is 19.4. The van der Waals surface area contributed by atoms with Crippen LogP contribution in [-0.4, -0.2) is 71.4 Å². The van der Waals surface area contributed by atoms with Crippen LogP contribution in [0.2, 0.25) is 0 Å². The molecule has 0 aliphatic rings. The third-order valence-corrected chi connectivity index (χ3v) is 4.14. The fourth-order valence-corrected chi connectivity index (χ4v) is 2.65. The lowest BCUT2D eigenvalue weighted by molar-refractivity contribution is -0.137. The van der Waals surface area contributed by atoms with Gasteiger partial charge < -0.3 is 24.8 Å². The second kappa shape index (κ2) is 11.1. The van der Waals surface area contributed by atoms with Gasteiger partial charge in [-0.05, 0) is 38.1 Å². The summed E-state index contributed by atoms with van der Waals surface area (Å²) < 4.78 is 51.3. The molecule has 2 amide bonds. The topological polar surface area (TPSA) is 88.9 Å². The largest absolute Gasteiger partial charge is 0.416 e. The molecule has 2 N–H and O–H groups in total. The first-order chi connectivity index (χ1) is 14.6. The molecule has 1 heterocycles. The molecule has 1 atom stereocenters. The van der Waals surface area contributed by atoms with Crippen molar-refractivity contribution in [3.05, 3.63) is 42.2 Å².